The van der Waals surface area contributed by atoms with Crippen LogP contribution in [-0.2, 0) is 0 Å². The van der Waals surface area contributed by atoms with Crippen LogP contribution in [0.4, 0.5) is 0 Å². The summed E-state index contributed by atoms with van der Waals surface area (Å²) in [7, 11) is 2.05. The largest absolute Gasteiger partial charge is 0.313 e. The van der Waals surface area contributed by atoms with E-state index in [4.69, 9.17) is 0 Å². The Kier molecular flexibility index (Phi) is 2.69. The molecule has 0 aliphatic heterocycles. The molecule has 0 unspecified atom stereocenters. The molecule has 2 atom stereocenters. The van der Waals surface area contributed by atoms with E-state index in [0.29, 0.717) is 12.0 Å². The van der Waals surface area contributed by atoms with Crippen molar-refractivity contribution in [3.05, 3.63) is 71.3 Å². The van der Waals surface area contributed by atoms with Gasteiger partial charge in [0.15, 0.2) is 0 Å². The monoisotopic (exact) mass is 223 g/mol. The lowest BCUT2D eigenvalue weighted by atomic mass is 9.93. The van der Waals surface area contributed by atoms with Crippen LogP contribution in [0.2, 0.25) is 0 Å². The fourth-order valence-corrected chi connectivity index (χ4v) is 2.91. The number of benzene rings is 2. The first-order valence-electron chi connectivity index (χ1n) is 6.21. The lowest BCUT2D eigenvalue weighted by Crippen LogP contribution is -2.13. The minimum absolute atomic E-state index is 0.497. The summed E-state index contributed by atoms with van der Waals surface area (Å²) < 4.78 is 0. The van der Waals surface area contributed by atoms with Gasteiger partial charge >= 0.3 is 0 Å². The quantitative estimate of drug-likeness (QED) is 0.822. The van der Waals surface area contributed by atoms with Gasteiger partial charge in [-0.05, 0) is 30.2 Å². The summed E-state index contributed by atoms with van der Waals surface area (Å²) in [6.07, 6.45) is 1.17. The van der Waals surface area contributed by atoms with E-state index in [1.165, 1.54) is 23.1 Å². The van der Waals surface area contributed by atoms with E-state index in [0.717, 1.165) is 0 Å². The molecule has 0 saturated carbocycles. The highest BCUT2D eigenvalue weighted by molar-refractivity contribution is 5.44. The van der Waals surface area contributed by atoms with Crippen LogP contribution >= 0.6 is 0 Å². The van der Waals surface area contributed by atoms with Gasteiger partial charge in [0, 0.05) is 12.0 Å². The molecule has 0 fully saturated rings. The Hall–Kier alpha value is -1.60. The van der Waals surface area contributed by atoms with Crippen LogP contribution in [0.15, 0.2) is 54.6 Å². The van der Waals surface area contributed by atoms with Gasteiger partial charge in [-0.1, -0.05) is 54.6 Å². The molecule has 0 spiro atoms. The highest BCUT2D eigenvalue weighted by Gasteiger charge is 2.30. The first kappa shape index (κ1) is 10.5. The molecule has 1 aliphatic carbocycles. The van der Waals surface area contributed by atoms with Crippen molar-refractivity contribution in [2.75, 3.05) is 7.05 Å². The molecule has 2 aromatic carbocycles. The molecule has 0 bridgehead atoms. The van der Waals surface area contributed by atoms with Gasteiger partial charge in [-0.3, -0.25) is 0 Å². The maximum Gasteiger partial charge on any atom is 0.0329 e. The zero-order valence-electron chi connectivity index (χ0n) is 10.1. The van der Waals surface area contributed by atoms with Crippen LogP contribution in [0.3, 0.4) is 0 Å². The topological polar surface area (TPSA) is 12.0 Å². The molecular weight excluding hydrogens is 206 g/mol. The van der Waals surface area contributed by atoms with E-state index >= 15 is 0 Å². The third-order valence-electron chi connectivity index (χ3n) is 3.77. The van der Waals surface area contributed by atoms with Crippen molar-refractivity contribution in [2.45, 2.75) is 18.4 Å². The first-order valence-corrected chi connectivity index (χ1v) is 6.21. The van der Waals surface area contributed by atoms with Crippen molar-refractivity contribution < 1.29 is 0 Å². The Balaban J connectivity index is 2.05. The van der Waals surface area contributed by atoms with Gasteiger partial charge in [-0.15, -0.1) is 0 Å². The van der Waals surface area contributed by atoms with E-state index in [9.17, 15) is 0 Å². The van der Waals surface area contributed by atoms with Crippen LogP contribution in [0.25, 0.3) is 0 Å². The zero-order chi connectivity index (χ0) is 11.7. The van der Waals surface area contributed by atoms with Gasteiger partial charge in [-0.25, -0.2) is 0 Å². The Morgan fingerprint density at radius 2 is 1.53 bits per heavy atom. The molecule has 0 radical (unpaired) electrons. The molecule has 0 saturated heterocycles. The predicted molar refractivity (Wildman–Crippen MR) is 71.1 cm³/mol. The summed E-state index contributed by atoms with van der Waals surface area (Å²) in [6.45, 7) is 0. The van der Waals surface area contributed by atoms with Crippen molar-refractivity contribution >= 4 is 0 Å². The lowest BCUT2D eigenvalue weighted by molar-refractivity contribution is 0.564. The Morgan fingerprint density at radius 1 is 0.882 bits per heavy atom. The molecule has 1 aliphatic rings. The molecule has 1 nitrogen and oxygen atoms in total. The summed E-state index contributed by atoms with van der Waals surface area (Å²) >= 11 is 0. The summed E-state index contributed by atoms with van der Waals surface area (Å²) in [5.41, 5.74) is 4.37. The van der Waals surface area contributed by atoms with Gasteiger partial charge in [0.25, 0.3) is 0 Å². The molecule has 86 valence electrons. The minimum atomic E-state index is 0.497. The Labute approximate surface area is 102 Å². The van der Waals surface area contributed by atoms with Crippen molar-refractivity contribution in [1.82, 2.24) is 5.32 Å². The molecule has 2 aromatic rings. The average molecular weight is 223 g/mol. The molecule has 0 heterocycles. The maximum atomic E-state index is 3.42. The lowest BCUT2D eigenvalue weighted by Gasteiger charge is -2.12. The fourth-order valence-electron chi connectivity index (χ4n) is 2.91. The van der Waals surface area contributed by atoms with Crippen LogP contribution in [0.1, 0.15) is 35.1 Å². The number of hydrogen-bond acceptors (Lipinski definition) is 1. The second-order valence-corrected chi connectivity index (χ2v) is 4.67. The smallest absolute Gasteiger partial charge is 0.0329 e. The van der Waals surface area contributed by atoms with E-state index < -0.39 is 0 Å². The predicted octanol–water partition coefficient (Wildman–Crippen LogP) is 3.48. The van der Waals surface area contributed by atoms with Gasteiger partial charge in [0.1, 0.15) is 0 Å². The van der Waals surface area contributed by atoms with Gasteiger partial charge in [0.05, 0.1) is 0 Å². The standard InChI is InChI=1S/C16H17N/c1-17-16-11-15(12-7-3-2-4-8-12)13-9-5-6-10-14(13)16/h2-10,15-17H,11H2,1H3/t15-,16+/m1/s1. The van der Waals surface area contributed by atoms with E-state index in [1.807, 2.05) is 0 Å². The average Bonchev–Trinajstić information content (AvgIpc) is 2.78. The zero-order valence-corrected chi connectivity index (χ0v) is 10.1. The normalized spacial score (nSPS) is 22.4. The molecule has 0 amide bonds. The van der Waals surface area contributed by atoms with E-state index in [1.54, 1.807) is 0 Å². The highest BCUT2D eigenvalue weighted by Crippen LogP contribution is 2.43. The molecule has 0 aromatic heterocycles. The Morgan fingerprint density at radius 3 is 2.24 bits per heavy atom. The third-order valence-corrected chi connectivity index (χ3v) is 3.77. The van der Waals surface area contributed by atoms with Crippen molar-refractivity contribution in [3.63, 3.8) is 0 Å². The minimum Gasteiger partial charge on any atom is -0.313 e. The molecule has 1 heteroatoms. The maximum absolute atomic E-state index is 3.42. The molecule has 3 rings (SSSR count). The Bertz CT molecular complexity index is 504. The molecule has 17 heavy (non-hydrogen) atoms. The second-order valence-electron chi connectivity index (χ2n) is 4.67. The fraction of sp³-hybridized carbons (Fsp3) is 0.250. The van der Waals surface area contributed by atoms with Gasteiger partial charge < -0.3 is 5.32 Å². The number of fused-ring (bicyclic) bond motifs is 1. The van der Waals surface area contributed by atoms with Crippen LogP contribution in [0, 0.1) is 0 Å². The first-order chi connectivity index (χ1) is 8.40. The number of rotatable bonds is 2. The van der Waals surface area contributed by atoms with Gasteiger partial charge in [0.2, 0.25) is 0 Å². The van der Waals surface area contributed by atoms with E-state index in [-0.39, 0.29) is 0 Å². The molecule has 1 N–H and O–H groups in total. The summed E-state index contributed by atoms with van der Waals surface area (Å²) in [5, 5.41) is 3.42. The van der Waals surface area contributed by atoms with Crippen molar-refractivity contribution in [2.24, 2.45) is 0 Å². The SMILES string of the molecule is CN[C@H]1C[C@H](c2ccccc2)c2ccccc21. The van der Waals surface area contributed by atoms with E-state index in [2.05, 4.69) is 67.0 Å². The van der Waals surface area contributed by atoms with Crippen molar-refractivity contribution in [3.8, 4) is 0 Å². The highest BCUT2D eigenvalue weighted by atomic mass is 14.9. The van der Waals surface area contributed by atoms with Crippen LogP contribution in [-0.4, -0.2) is 7.05 Å². The van der Waals surface area contributed by atoms with Gasteiger partial charge in [-0.2, -0.15) is 0 Å². The summed E-state index contributed by atoms with van der Waals surface area (Å²) in [5.74, 6) is 0.546. The van der Waals surface area contributed by atoms with Crippen LogP contribution in [0.5, 0.6) is 0 Å². The summed E-state index contributed by atoms with van der Waals surface area (Å²) in [4.78, 5) is 0. The third kappa shape index (κ3) is 1.77. The number of nitrogens with one attached hydrogen (secondary N) is 1. The molecular formula is C16H17N. The summed E-state index contributed by atoms with van der Waals surface area (Å²) in [6, 6.07) is 20.1. The second kappa shape index (κ2) is 4.34. The van der Waals surface area contributed by atoms with Crippen molar-refractivity contribution in [1.29, 1.82) is 0 Å². The van der Waals surface area contributed by atoms with Crippen LogP contribution < -0.4 is 5.32 Å². The number of hydrogen-bond donors (Lipinski definition) is 1.